The molecular formula is C52H32N6S. The number of hydrogen-bond acceptors (Lipinski definition) is 7. The normalized spacial score (nSPS) is 11.4. The Morgan fingerprint density at radius 1 is 0.305 bits per heavy atom. The van der Waals surface area contributed by atoms with Crippen LogP contribution in [0.4, 0.5) is 0 Å². The third-order valence-electron chi connectivity index (χ3n) is 10.7. The number of nitrogens with zero attached hydrogens (tertiary/aromatic N) is 6. The van der Waals surface area contributed by atoms with Crippen molar-refractivity contribution in [2.45, 2.75) is 0 Å². The minimum atomic E-state index is 0.627. The molecule has 7 aromatic carbocycles. The van der Waals surface area contributed by atoms with Gasteiger partial charge in [0.25, 0.3) is 0 Å². The van der Waals surface area contributed by atoms with Crippen molar-refractivity contribution < 1.29 is 0 Å². The van der Waals surface area contributed by atoms with Crippen molar-refractivity contribution in [3.8, 4) is 78.7 Å². The third-order valence-corrected chi connectivity index (χ3v) is 11.7. The van der Waals surface area contributed by atoms with Gasteiger partial charge in [0, 0.05) is 28.5 Å². The van der Waals surface area contributed by atoms with Crippen molar-refractivity contribution >= 4 is 42.9 Å². The summed E-state index contributed by atoms with van der Waals surface area (Å²) in [5.41, 5.74) is 15.4. The summed E-state index contributed by atoms with van der Waals surface area (Å²) in [6.45, 7) is 0. The van der Waals surface area contributed by atoms with Crippen molar-refractivity contribution in [2.75, 3.05) is 0 Å². The summed E-state index contributed by atoms with van der Waals surface area (Å²) in [6.07, 6.45) is 1.87. The molecule has 0 aliphatic heterocycles. The largest absolute Gasteiger partial charge is 0.253 e. The molecule has 4 heterocycles. The van der Waals surface area contributed by atoms with Crippen LogP contribution in [0.15, 0.2) is 194 Å². The summed E-state index contributed by atoms with van der Waals surface area (Å²) >= 11 is 1.65. The van der Waals surface area contributed by atoms with E-state index >= 15 is 0 Å². The highest BCUT2D eigenvalue weighted by Gasteiger charge is 2.16. The van der Waals surface area contributed by atoms with E-state index in [9.17, 15) is 0 Å². The Kier molecular flexibility index (Phi) is 8.56. The van der Waals surface area contributed by atoms with E-state index in [0.29, 0.717) is 17.5 Å². The molecule has 0 bridgehead atoms. The summed E-state index contributed by atoms with van der Waals surface area (Å²) in [6, 6.07) is 64.9. The number of para-hydroxylation sites is 2. The molecule has 0 aliphatic rings. The van der Waals surface area contributed by atoms with Gasteiger partial charge < -0.3 is 0 Å². The van der Waals surface area contributed by atoms with Crippen molar-refractivity contribution in [3.05, 3.63) is 194 Å². The molecule has 0 saturated heterocycles. The zero-order valence-electron chi connectivity index (χ0n) is 31.6. The maximum absolute atomic E-state index is 5.03. The molecule has 7 heteroatoms. The van der Waals surface area contributed by atoms with Crippen LogP contribution in [0.1, 0.15) is 0 Å². The van der Waals surface area contributed by atoms with Crippen LogP contribution in [0, 0.1) is 0 Å². The molecule has 0 fully saturated rings. The van der Waals surface area contributed by atoms with E-state index in [0.717, 1.165) is 87.2 Å². The quantitative estimate of drug-likeness (QED) is 0.161. The first-order valence-electron chi connectivity index (χ1n) is 19.4. The smallest absolute Gasteiger partial charge is 0.164 e. The van der Waals surface area contributed by atoms with Gasteiger partial charge in [-0.3, -0.25) is 4.98 Å². The lowest BCUT2D eigenvalue weighted by molar-refractivity contribution is 1.07. The fraction of sp³-hybridized carbons (Fsp3) is 0. The molecule has 0 amide bonds. The standard InChI is InChI=1S/C52H32N6S/c1-3-10-33(11-4-1)34-24-28-40(29-25-34)50-56-49(39-12-5-2-6-13-39)57-51(58-50)42-15-9-14-41(32-42)37-20-18-35(19-21-37)36-22-26-38(27-23-36)43-30-31-53-46-47-52(59-48(43)46)55-45-17-8-7-16-44(45)54-47/h1-32H. The number of rotatable bonds is 7. The second-order valence-electron chi connectivity index (χ2n) is 14.4. The minimum absolute atomic E-state index is 0.627. The highest BCUT2D eigenvalue weighted by Crippen LogP contribution is 2.39. The number of thiophene rings is 1. The van der Waals surface area contributed by atoms with Crippen LogP contribution in [0.2, 0.25) is 0 Å². The first kappa shape index (κ1) is 34.5. The van der Waals surface area contributed by atoms with Crippen LogP contribution in [0.5, 0.6) is 0 Å². The topological polar surface area (TPSA) is 77.3 Å². The fourth-order valence-corrected chi connectivity index (χ4v) is 8.70. The van der Waals surface area contributed by atoms with Gasteiger partial charge in [-0.1, -0.05) is 164 Å². The maximum Gasteiger partial charge on any atom is 0.164 e. The van der Waals surface area contributed by atoms with Crippen LogP contribution >= 0.6 is 11.3 Å². The van der Waals surface area contributed by atoms with Gasteiger partial charge in [-0.2, -0.15) is 0 Å². The zero-order chi connectivity index (χ0) is 39.1. The summed E-state index contributed by atoms with van der Waals surface area (Å²) in [5.74, 6) is 1.90. The highest BCUT2D eigenvalue weighted by atomic mass is 32.1. The predicted molar refractivity (Wildman–Crippen MR) is 242 cm³/mol. The molecule has 4 aromatic heterocycles. The van der Waals surface area contributed by atoms with Crippen molar-refractivity contribution in [2.24, 2.45) is 0 Å². The lowest BCUT2D eigenvalue weighted by Crippen LogP contribution is -2.00. The summed E-state index contributed by atoms with van der Waals surface area (Å²) in [5, 5.41) is 0. The number of aromatic nitrogens is 6. The summed E-state index contributed by atoms with van der Waals surface area (Å²) < 4.78 is 1.10. The number of fused-ring (bicyclic) bond motifs is 4. The molecule has 0 saturated carbocycles. The lowest BCUT2D eigenvalue weighted by atomic mass is 9.97. The fourth-order valence-electron chi connectivity index (χ4n) is 7.58. The van der Waals surface area contributed by atoms with Gasteiger partial charge in [-0.25, -0.2) is 24.9 Å². The number of pyridine rings is 1. The molecule has 11 aromatic rings. The van der Waals surface area contributed by atoms with E-state index < -0.39 is 0 Å². The molecule has 0 atom stereocenters. The Hall–Kier alpha value is -7.74. The molecule has 0 unspecified atom stereocenters. The maximum atomic E-state index is 5.03. The van der Waals surface area contributed by atoms with Crippen molar-refractivity contribution in [3.63, 3.8) is 0 Å². The predicted octanol–water partition coefficient (Wildman–Crippen LogP) is 13.2. The van der Waals surface area contributed by atoms with Crippen molar-refractivity contribution in [1.29, 1.82) is 0 Å². The first-order chi connectivity index (χ1) is 29.2. The van der Waals surface area contributed by atoms with Crippen LogP contribution < -0.4 is 0 Å². The van der Waals surface area contributed by atoms with E-state index in [4.69, 9.17) is 29.9 Å². The molecule has 59 heavy (non-hydrogen) atoms. The Morgan fingerprint density at radius 2 is 0.746 bits per heavy atom. The number of benzene rings is 7. The van der Waals surface area contributed by atoms with Crippen LogP contribution in [-0.4, -0.2) is 29.9 Å². The summed E-state index contributed by atoms with van der Waals surface area (Å²) in [7, 11) is 0. The second-order valence-corrected chi connectivity index (χ2v) is 15.4. The minimum Gasteiger partial charge on any atom is -0.253 e. The number of hydrogen-bond donors (Lipinski definition) is 0. The molecule has 0 spiro atoms. The monoisotopic (exact) mass is 772 g/mol. The molecular weight excluding hydrogens is 741 g/mol. The van der Waals surface area contributed by atoms with Gasteiger partial charge >= 0.3 is 0 Å². The summed E-state index contributed by atoms with van der Waals surface area (Å²) in [4.78, 5) is 30.4. The lowest BCUT2D eigenvalue weighted by Gasteiger charge is -2.11. The van der Waals surface area contributed by atoms with Gasteiger partial charge in [0.2, 0.25) is 0 Å². The Labute approximate surface area is 344 Å². The van der Waals surface area contributed by atoms with Crippen molar-refractivity contribution in [1.82, 2.24) is 29.9 Å². The van der Waals surface area contributed by atoms with E-state index in [1.54, 1.807) is 11.3 Å². The van der Waals surface area contributed by atoms with E-state index in [1.165, 1.54) is 5.56 Å². The van der Waals surface area contributed by atoms with Gasteiger partial charge in [0.05, 0.1) is 15.7 Å². The van der Waals surface area contributed by atoms with Crippen LogP contribution in [-0.2, 0) is 0 Å². The SMILES string of the molecule is c1ccc(-c2ccc(-c3nc(-c4ccccc4)nc(-c4cccc(-c5ccc(-c6ccc(-c7ccnc8c7sc7nc9ccccc9nc78)cc6)cc5)c4)n3)cc2)cc1. The van der Waals surface area contributed by atoms with E-state index in [-0.39, 0.29) is 0 Å². The second kappa shape index (κ2) is 14.6. The molecule has 276 valence electrons. The first-order valence-corrected chi connectivity index (χ1v) is 20.2. The molecule has 0 radical (unpaired) electrons. The van der Waals surface area contributed by atoms with Gasteiger partial charge in [0.1, 0.15) is 15.9 Å². The van der Waals surface area contributed by atoms with Gasteiger partial charge in [0.15, 0.2) is 17.5 Å². The molecule has 0 N–H and O–H groups in total. The molecule has 11 rings (SSSR count). The van der Waals surface area contributed by atoms with Crippen LogP contribution in [0.25, 0.3) is 110 Å². The third kappa shape index (κ3) is 6.59. The van der Waals surface area contributed by atoms with E-state index in [1.807, 2.05) is 66.9 Å². The average Bonchev–Trinajstić information content (AvgIpc) is 3.69. The average molecular weight is 773 g/mol. The van der Waals surface area contributed by atoms with E-state index in [2.05, 4.69) is 127 Å². The Morgan fingerprint density at radius 3 is 1.37 bits per heavy atom. The Balaban J connectivity index is 0.882. The van der Waals surface area contributed by atoms with Gasteiger partial charge in [-0.05, 0) is 63.2 Å². The van der Waals surface area contributed by atoms with Crippen LogP contribution in [0.3, 0.4) is 0 Å². The molecule has 6 nitrogen and oxygen atoms in total. The Bertz CT molecular complexity index is 3290. The van der Waals surface area contributed by atoms with Gasteiger partial charge in [-0.15, -0.1) is 11.3 Å². The highest BCUT2D eigenvalue weighted by molar-refractivity contribution is 7.25. The molecule has 0 aliphatic carbocycles. The zero-order valence-corrected chi connectivity index (χ0v) is 32.4.